The number of fused-ring (bicyclic) bond motifs is 1. The molecule has 1 heterocycles. The van der Waals surface area contributed by atoms with E-state index in [1.807, 2.05) is 12.1 Å². The molecule has 1 aliphatic heterocycles. The van der Waals surface area contributed by atoms with Crippen LogP contribution in [0.25, 0.3) is 0 Å². The molecule has 16 heavy (non-hydrogen) atoms. The summed E-state index contributed by atoms with van der Waals surface area (Å²) in [6.07, 6.45) is 1.94. The molecule has 1 aliphatic rings. The predicted molar refractivity (Wildman–Crippen MR) is 60.4 cm³/mol. The fraction of sp³-hybridized carbons (Fsp3) is 0.462. The van der Waals surface area contributed by atoms with Gasteiger partial charge in [-0.15, -0.1) is 0 Å². The van der Waals surface area contributed by atoms with Gasteiger partial charge in [-0.25, -0.2) is 4.39 Å². The van der Waals surface area contributed by atoms with Gasteiger partial charge in [-0.3, -0.25) is 4.90 Å². The van der Waals surface area contributed by atoms with Crippen LogP contribution in [-0.2, 0) is 13.0 Å². The van der Waals surface area contributed by atoms with E-state index < -0.39 is 0 Å². The molecule has 0 N–H and O–H groups in total. The second-order valence-corrected chi connectivity index (χ2v) is 4.23. The molecule has 0 amide bonds. The van der Waals surface area contributed by atoms with Crippen molar-refractivity contribution in [1.82, 2.24) is 4.90 Å². The molecule has 0 spiro atoms. The fourth-order valence-corrected chi connectivity index (χ4v) is 2.25. The van der Waals surface area contributed by atoms with Crippen molar-refractivity contribution in [3.63, 3.8) is 0 Å². The van der Waals surface area contributed by atoms with Gasteiger partial charge in [0.1, 0.15) is 5.82 Å². The molecule has 0 bridgehead atoms. The van der Waals surface area contributed by atoms with Crippen molar-refractivity contribution in [3.05, 3.63) is 34.6 Å². The van der Waals surface area contributed by atoms with Gasteiger partial charge in [-0.05, 0) is 37.1 Å². The Morgan fingerprint density at radius 2 is 2.31 bits per heavy atom. The molecule has 0 radical (unpaired) electrons. The Balaban J connectivity index is 2.29. The Morgan fingerprint density at radius 3 is 3.00 bits per heavy atom. The fourth-order valence-electron chi connectivity index (χ4n) is 2.25. The SMILES string of the molecule is CCCN1CCc2cc(C#N)cc(F)c2C1. The van der Waals surface area contributed by atoms with Crippen LogP contribution in [0.1, 0.15) is 30.0 Å². The van der Waals surface area contributed by atoms with Crippen LogP contribution in [0.2, 0.25) is 0 Å². The monoisotopic (exact) mass is 218 g/mol. The molecule has 0 atom stereocenters. The summed E-state index contributed by atoms with van der Waals surface area (Å²) in [4.78, 5) is 2.26. The van der Waals surface area contributed by atoms with E-state index in [9.17, 15) is 4.39 Å². The number of nitrogens with zero attached hydrogens (tertiary/aromatic N) is 2. The first-order valence-electron chi connectivity index (χ1n) is 5.68. The third-order valence-corrected chi connectivity index (χ3v) is 3.04. The minimum Gasteiger partial charge on any atom is -0.299 e. The maximum absolute atomic E-state index is 13.8. The Hall–Kier alpha value is -1.40. The zero-order valence-electron chi connectivity index (χ0n) is 9.46. The third kappa shape index (κ3) is 2.07. The smallest absolute Gasteiger partial charge is 0.129 e. The molecule has 1 aromatic carbocycles. The van der Waals surface area contributed by atoms with Crippen LogP contribution in [-0.4, -0.2) is 18.0 Å². The van der Waals surface area contributed by atoms with E-state index in [1.54, 1.807) is 0 Å². The van der Waals surface area contributed by atoms with Gasteiger partial charge < -0.3 is 0 Å². The van der Waals surface area contributed by atoms with Crippen molar-refractivity contribution in [2.45, 2.75) is 26.3 Å². The minimum absolute atomic E-state index is 0.227. The Bertz CT molecular complexity index is 434. The van der Waals surface area contributed by atoms with Crippen LogP contribution >= 0.6 is 0 Å². The van der Waals surface area contributed by atoms with Crippen molar-refractivity contribution in [2.24, 2.45) is 0 Å². The van der Waals surface area contributed by atoms with Crippen molar-refractivity contribution in [2.75, 3.05) is 13.1 Å². The van der Waals surface area contributed by atoms with Crippen LogP contribution in [0.5, 0.6) is 0 Å². The molecular formula is C13H15FN2. The zero-order valence-corrected chi connectivity index (χ0v) is 9.46. The summed E-state index contributed by atoms with van der Waals surface area (Å²) in [5.74, 6) is -0.227. The number of hydrogen-bond donors (Lipinski definition) is 0. The lowest BCUT2D eigenvalue weighted by atomic mass is 9.97. The standard InChI is InChI=1S/C13H15FN2/c1-2-4-16-5-3-11-6-10(8-15)7-13(14)12(11)9-16/h6-7H,2-5,9H2,1H3. The van der Waals surface area contributed by atoms with E-state index in [-0.39, 0.29) is 5.82 Å². The van der Waals surface area contributed by atoms with Crippen LogP contribution in [0.3, 0.4) is 0 Å². The van der Waals surface area contributed by atoms with Crippen molar-refractivity contribution in [3.8, 4) is 6.07 Å². The summed E-state index contributed by atoms with van der Waals surface area (Å²) < 4.78 is 13.8. The van der Waals surface area contributed by atoms with Crippen LogP contribution in [0.15, 0.2) is 12.1 Å². The summed E-state index contributed by atoms with van der Waals surface area (Å²) in [6.45, 7) is 4.79. The van der Waals surface area contributed by atoms with E-state index in [0.717, 1.165) is 37.1 Å². The van der Waals surface area contributed by atoms with Crippen molar-refractivity contribution >= 4 is 0 Å². The van der Waals surface area contributed by atoms with E-state index in [4.69, 9.17) is 5.26 Å². The summed E-state index contributed by atoms with van der Waals surface area (Å²) in [5, 5.41) is 8.77. The highest BCUT2D eigenvalue weighted by atomic mass is 19.1. The normalized spacial score (nSPS) is 15.6. The molecule has 0 unspecified atom stereocenters. The van der Waals surface area contributed by atoms with Gasteiger partial charge in [0.25, 0.3) is 0 Å². The largest absolute Gasteiger partial charge is 0.299 e. The lowest BCUT2D eigenvalue weighted by Crippen LogP contribution is -2.31. The van der Waals surface area contributed by atoms with E-state index >= 15 is 0 Å². The highest BCUT2D eigenvalue weighted by molar-refractivity contribution is 5.40. The van der Waals surface area contributed by atoms with Crippen LogP contribution < -0.4 is 0 Å². The average Bonchev–Trinajstić information content (AvgIpc) is 2.30. The Labute approximate surface area is 95.3 Å². The lowest BCUT2D eigenvalue weighted by molar-refractivity contribution is 0.250. The topological polar surface area (TPSA) is 27.0 Å². The van der Waals surface area contributed by atoms with Gasteiger partial charge >= 0.3 is 0 Å². The average molecular weight is 218 g/mol. The summed E-state index contributed by atoms with van der Waals surface area (Å²) in [7, 11) is 0. The lowest BCUT2D eigenvalue weighted by Gasteiger charge is -2.28. The number of benzene rings is 1. The van der Waals surface area contributed by atoms with Crippen molar-refractivity contribution < 1.29 is 4.39 Å². The van der Waals surface area contributed by atoms with E-state index in [2.05, 4.69) is 11.8 Å². The quantitative estimate of drug-likeness (QED) is 0.762. The summed E-state index contributed by atoms with van der Waals surface area (Å²) >= 11 is 0. The zero-order chi connectivity index (χ0) is 11.5. The molecule has 0 saturated carbocycles. The number of nitriles is 1. The molecule has 3 heteroatoms. The van der Waals surface area contributed by atoms with Gasteiger partial charge in [-0.2, -0.15) is 5.26 Å². The number of hydrogen-bond acceptors (Lipinski definition) is 2. The Morgan fingerprint density at radius 1 is 1.50 bits per heavy atom. The molecule has 0 aliphatic carbocycles. The van der Waals surface area contributed by atoms with Gasteiger partial charge in [0, 0.05) is 18.7 Å². The highest BCUT2D eigenvalue weighted by Crippen LogP contribution is 2.23. The molecule has 0 fully saturated rings. The molecule has 84 valence electrons. The molecular weight excluding hydrogens is 203 g/mol. The maximum Gasteiger partial charge on any atom is 0.129 e. The number of rotatable bonds is 2. The van der Waals surface area contributed by atoms with E-state index in [0.29, 0.717) is 12.1 Å². The Kier molecular flexibility index (Phi) is 3.21. The number of halogens is 1. The third-order valence-electron chi connectivity index (χ3n) is 3.04. The maximum atomic E-state index is 13.8. The van der Waals surface area contributed by atoms with E-state index in [1.165, 1.54) is 6.07 Å². The first-order valence-corrected chi connectivity index (χ1v) is 5.68. The predicted octanol–water partition coefficient (Wildman–Crippen LogP) is 2.47. The highest BCUT2D eigenvalue weighted by Gasteiger charge is 2.19. The first-order chi connectivity index (χ1) is 7.74. The molecule has 1 aromatic rings. The van der Waals surface area contributed by atoms with Gasteiger partial charge in [0.15, 0.2) is 0 Å². The van der Waals surface area contributed by atoms with Crippen LogP contribution in [0.4, 0.5) is 4.39 Å². The van der Waals surface area contributed by atoms with Gasteiger partial charge in [-0.1, -0.05) is 6.92 Å². The first kappa shape index (κ1) is 11.1. The van der Waals surface area contributed by atoms with Crippen LogP contribution in [0, 0.1) is 17.1 Å². The molecule has 2 rings (SSSR count). The van der Waals surface area contributed by atoms with Gasteiger partial charge in [0.2, 0.25) is 0 Å². The second kappa shape index (κ2) is 4.63. The summed E-state index contributed by atoms with van der Waals surface area (Å²) in [5.41, 5.74) is 2.21. The molecule has 2 nitrogen and oxygen atoms in total. The molecule has 0 aromatic heterocycles. The summed E-state index contributed by atoms with van der Waals surface area (Å²) in [6, 6.07) is 5.16. The minimum atomic E-state index is -0.227. The van der Waals surface area contributed by atoms with Gasteiger partial charge in [0.05, 0.1) is 11.6 Å². The second-order valence-electron chi connectivity index (χ2n) is 4.23. The van der Waals surface area contributed by atoms with Crippen molar-refractivity contribution in [1.29, 1.82) is 5.26 Å². The molecule has 0 saturated heterocycles.